The first-order chi connectivity index (χ1) is 10.3. The summed E-state index contributed by atoms with van der Waals surface area (Å²) in [6.07, 6.45) is 4.33. The van der Waals surface area contributed by atoms with Gasteiger partial charge in [0.05, 0.1) is 5.60 Å². The number of para-hydroxylation sites is 1. The standard InChI is InChI=1S/C17H25NO3/c1-3-17(4-2)10-14(8-9-21-17)18-11-13-6-5-7-15-16(13)20-12-19-15/h5-7,14,18H,3-4,8-12H2,1-2H3. The highest BCUT2D eigenvalue weighted by Crippen LogP contribution is 2.36. The number of nitrogens with one attached hydrogen (secondary N) is 1. The first-order valence-electron chi connectivity index (χ1n) is 8.01. The van der Waals surface area contributed by atoms with Crippen LogP contribution in [0.1, 0.15) is 45.1 Å². The van der Waals surface area contributed by atoms with Crippen LogP contribution >= 0.6 is 0 Å². The molecule has 2 aliphatic heterocycles. The third-order valence-electron chi connectivity index (χ3n) is 4.84. The van der Waals surface area contributed by atoms with Crippen LogP contribution in [0, 0.1) is 0 Å². The molecule has 1 atom stereocenters. The Labute approximate surface area is 126 Å². The fraction of sp³-hybridized carbons (Fsp3) is 0.647. The Hall–Kier alpha value is -1.26. The van der Waals surface area contributed by atoms with Gasteiger partial charge in [-0.3, -0.25) is 0 Å². The van der Waals surface area contributed by atoms with E-state index in [1.807, 2.05) is 12.1 Å². The second kappa shape index (κ2) is 6.24. The van der Waals surface area contributed by atoms with E-state index in [9.17, 15) is 0 Å². The van der Waals surface area contributed by atoms with Gasteiger partial charge in [-0.05, 0) is 31.7 Å². The molecule has 0 aliphatic carbocycles. The van der Waals surface area contributed by atoms with Gasteiger partial charge in [-0.15, -0.1) is 0 Å². The molecule has 0 radical (unpaired) electrons. The van der Waals surface area contributed by atoms with E-state index in [-0.39, 0.29) is 5.60 Å². The number of fused-ring (bicyclic) bond motifs is 1. The number of ether oxygens (including phenoxy) is 3. The second-order valence-corrected chi connectivity index (χ2v) is 5.96. The van der Waals surface area contributed by atoms with E-state index in [0.29, 0.717) is 12.8 Å². The van der Waals surface area contributed by atoms with Crippen LogP contribution in [0.15, 0.2) is 18.2 Å². The molecule has 0 aromatic heterocycles. The summed E-state index contributed by atoms with van der Waals surface area (Å²) in [5.74, 6) is 1.76. The van der Waals surface area contributed by atoms with Crippen LogP contribution < -0.4 is 14.8 Å². The molecule has 1 fully saturated rings. The van der Waals surface area contributed by atoms with E-state index in [1.54, 1.807) is 0 Å². The Morgan fingerprint density at radius 3 is 2.90 bits per heavy atom. The van der Waals surface area contributed by atoms with Crippen LogP contribution in [-0.2, 0) is 11.3 Å². The number of hydrogen-bond acceptors (Lipinski definition) is 4. The minimum Gasteiger partial charge on any atom is -0.454 e. The molecule has 0 saturated carbocycles. The van der Waals surface area contributed by atoms with Crippen molar-refractivity contribution in [3.05, 3.63) is 23.8 Å². The summed E-state index contributed by atoms with van der Waals surface area (Å²) in [6, 6.07) is 6.60. The van der Waals surface area contributed by atoms with Crippen LogP contribution in [0.25, 0.3) is 0 Å². The molecule has 0 amide bonds. The molecule has 1 aromatic rings. The summed E-state index contributed by atoms with van der Waals surface area (Å²) >= 11 is 0. The molecule has 4 nitrogen and oxygen atoms in total. The molecular formula is C17H25NO3. The third kappa shape index (κ3) is 3.01. The van der Waals surface area contributed by atoms with Gasteiger partial charge in [0, 0.05) is 24.8 Å². The van der Waals surface area contributed by atoms with Gasteiger partial charge in [0.2, 0.25) is 6.79 Å². The third-order valence-corrected chi connectivity index (χ3v) is 4.84. The van der Waals surface area contributed by atoms with E-state index in [0.717, 1.165) is 50.3 Å². The van der Waals surface area contributed by atoms with Gasteiger partial charge in [0.25, 0.3) is 0 Å². The van der Waals surface area contributed by atoms with Crippen molar-refractivity contribution < 1.29 is 14.2 Å². The Balaban J connectivity index is 1.62. The lowest BCUT2D eigenvalue weighted by atomic mass is 9.86. The summed E-state index contributed by atoms with van der Waals surface area (Å²) in [4.78, 5) is 0. The SMILES string of the molecule is CCC1(CC)CC(NCc2cccc3c2OCO3)CCO1. The van der Waals surface area contributed by atoms with Gasteiger partial charge in [-0.25, -0.2) is 0 Å². The molecule has 1 saturated heterocycles. The van der Waals surface area contributed by atoms with Gasteiger partial charge in [0.1, 0.15) is 0 Å². The lowest BCUT2D eigenvalue weighted by Gasteiger charge is -2.40. The van der Waals surface area contributed by atoms with Gasteiger partial charge < -0.3 is 19.5 Å². The molecule has 116 valence electrons. The Kier molecular flexibility index (Phi) is 4.36. The highest BCUT2D eigenvalue weighted by atomic mass is 16.7. The average Bonchev–Trinajstić information content (AvgIpc) is 3.02. The van der Waals surface area contributed by atoms with Gasteiger partial charge in [-0.2, -0.15) is 0 Å². The van der Waals surface area contributed by atoms with Crippen LogP contribution in [-0.4, -0.2) is 25.0 Å². The fourth-order valence-electron chi connectivity index (χ4n) is 3.33. The van der Waals surface area contributed by atoms with Gasteiger partial charge in [0.15, 0.2) is 11.5 Å². The van der Waals surface area contributed by atoms with Crippen molar-refractivity contribution in [2.75, 3.05) is 13.4 Å². The normalized spacial score (nSPS) is 23.2. The molecule has 0 spiro atoms. The van der Waals surface area contributed by atoms with Crippen molar-refractivity contribution in [2.45, 2.75) is 57.7 Å². The fourth-order valence-corrected chi connectivity index (χ4v) is 3.33. The lowest BCUT2D eigenvalue weighted by Crippen LogP contribution is -2.46. The Morgan fingerprint density at radius 1 is 1.24 bits per heavy atom. The molecule has 1 N–H and O–H groups in total. The maximum absolute atomic E-state index is 6.04. The van der Waals surface area contributed by atoms with E-state index >= 15 is 0 Å². The van der Waals surface area contributed by atoms with Crippen molar-refractivity contribution in [1.82, 2.24) is 5.32 Å². The number of benzene rings is 1. The molecule has 2 aliphatic rings. The zero-order chi connectivity index (χ0) is 14.7. The minimum atomic E-state index is 0.0637. The molecule has 1 aromatic carbocycles. The lowest BCUT2D eigenvalue weighted by molar-refractivity contribution is -0.0932. The zero-order valence-corrected chi connectivity index (χ0v) is 13.0. The minimum absolute atomic E-state index is 0.0637. The molecule has 1 unspecified atom stereocenters. The van der Waals surface area contributed by atoms with Crippen molar-refractivity contribution in [1.29, 1.82) is 0 Å². The Morgan fingerprint density at radius 2 is 2.10 bits per heavy atom. The monoisotopic (exact) mass is 291 g/mol. The van der Waals surface area contributed by atoms with E-state index in [4.69, 9.17) is 14.2 Å². The zero-order valence-electron chi connectivity index (χ0n) is 13.0. The topological polar surface area (TPSA) is 39.7 Å². The summed E-state index contributed by atoms with van der Waals surface area (Å²) in [5, 5.41) is 3.68. The Bertz CT molecular complexity index is 485. The molecule has 0 bridgehead atoms. The summed E-state index contributed by atoms with van der Waals surface area (Å²) in [5.41, 5.74) is 1.24. The predicted octanol–water partition coefficient (Wildman–Crippen LogP) is 3.24. The first kappa shape index (κ1) is 14.7. The van der Waals surface area contributed by atoms with Gasteiger partial charge >= 0.3 is 0 Å². The van der Waals surface area contributed by atoms with Crippen LogP contribution in [0.3, 0.4) is 0 Å². The van der Waals surface area contributed by atoms with Crippen LogP contribution in [0.4, 0.5) is 0 Å². The number of rotatable bonds is 5. The highest BCUT2D eigenvalue weighted by Gasteiger charge is 2.34. The maximum Gasteiger partial charge on any atom is 0.231 e. The second-order valence-electron chi connectivity index (χ2n) is 5.96. The first-order valence-corrected chi connectivity index (χ1v) is 8.01. The van der Waals surface area contributed by atoms with E-state index in [2.05, 4.69) is 25.2 Å². The highest BCUT2D eigenvalue weighted by molar-refractivity contribution is 5.48. The largest absolute Gasteiger partial charge is 0.454 e. The van der Waals surface area contributed by atoms with Crippen molar-refractivity contribution in [2.24, 2.45) is 0 Å². The smallest absolute Gasteiger partial charge is 0.231 e. The van der Waals surface area contributed by atoms with Crippen molar-refractivity contribution in [3.63, 3.8) is 0 Å². The average molecular weight is 291 g/mol. The van der Waals surface area contributed by atoms with Crippen LogP contribution in [0.5, 0.6) is 11.5 Å². The van der Waals surface area contributed by atoms with Gasteiger partial charge in [-0.1, -0.05) is 26.0 Å². The summed E-state index contributed by atoms with van der Waals surface area (Å²) in [6.45, 7) is 6.45. The van der Waals surface area contributed by atoms with Crippen LogP contribution in [0.2, 0.25) is 0 Å². The molecular weight excluding hydrogens is 266 g/mol. The quantitative estimate of drug-likeness (QED) is 0.904. The van der Waals surface area contributed by atoms with Crippen molar-refractivity contribution >= 4 is 0 Å². The molecule has 21 heavy (non-hydrogen) atoms. The van der Waals surface area contributed by atoms with Crippen molar-refractivity contribution in [3.8, 4) is 11.5 Å². The summed E-state index contributed by atoms with van der Waals surface area (Å²) < 4.78 is 17.0. The molecule has 4 heteroatoms. The predicted molar refractivity (Wildman–Crippen MR) is 81.7 cm³/mol. The van der Waals surface area contributed by atoms with E-state index in [1.165, 1.54) is 5.56 Å². The number of hydrogen-bond donors (Lipinski definition) is 1. The maximum atomic E-state index is 6.04. The molecule has 3 rings (SSSR count). The van der Waals surface area contributed by atoms with E-state index < -0.39 is 0 Å². The summed E-state index contributed by atoms with van der Waals surface area (Å²) in [7, 11) is 0. The molecule has 2 heterocycles.